The number of nitrogens with zero attached hydrogens (tertiary/aromatic N) is 2. The zero-order valence-electron chi connectivity index (χ0n) is 14.7. The third-order valence-corrected chi connectivity index (χ3v) is 3.41. The molecule has 0 bridgehead atoms. The van der Waals surface area contributed by atoms with Gasteiger partial charge in [0.25, 0.3) is 5.89 Å². The molecule has 7 nitrogen and oxygen atoms in total. The molecule has 3 aromatic rings. The van der Waals surface area contributed by atoms with E-state index >= 15 is 0 Å². The number of ether oxygens (including phenoxy) is 2. The van der Waals surface area contributed by atoms with E-state index in [9.17, 15) is 4.79 Å². The summed E-state index contributed by atoms with van der Waals surface area (Å²) < 4.78 is 21.2. The Balaban J connectivity index is 1.49. The van der Waals surface area contributed by atoms with Crippen molar-refractivity contribution in [3.63, 3.8) is 0 Å². The Morgan fingerprint density at radius 2 is 1.92 bits per heavy atom. The number of furan rings is 1. The molecule has 136 valence electrons. The molecule has 0 unspecified atom stereocenters. The molecule has 0 aliphatic heterocycles. The summed E-state index contributed by atoms with van der Waals surface area (Å²) in [4.78, 5) is 16.2. The molecule has 0 saturated heterocycles. The first kappa shape index (κ1) is 17.7. The van der Waals surface area contributed by atoms with Gasteiger partial charge in [0, 0.05) is 6.42 Å². The maximum absolute atomic E-state index is 12.0. The van der Waals surface area contributed by atoms with E-state index in [4.69, 9.17) is 18.4 Å². The Bertz CT molecular complexity index is 839. The van der Waals surface area contributed by atoms with Gasteiger partial charge in [0.15, 0.2) is 12.4 Å². The van der Waals surface area contributed by atoms with Gasteiger partial charge in [0.2, 0.25) is 5.76 Å². The van der Waals surface area contributed by atoms with Crippen LogP contribution in [-0.2, 0) is 24.4 Å². The van der Waals surface area contributed by atoms with E-state index in [1.54, 1.807) is 12.1 Å². The topological polar surface area (TPSA) is 87.6 Å². The van der Waals surface area contributed by atoms with Crippen LogP contribution in [0.1, 0.15) is 41.9 Å². The number of benzene rings is 1. The van der Waals surface area contributed by atoms with Gasteiger partial charge in [-0.25, -0.2) is 4.79 Å². The van der Waals surface area contributed by atoms with Crippen LogP contribution in [0.3, 0.4) is 0 Å². The van der Waals surface area contributed by atoms with Crippen LogP contribution < -0.4 is 4.74 Å². The number of hydrogen-bond donors (Lipinski definition) is 0. The van der Waals surface area contributed by atoms with Crippen molar-refractivity contribution in [2.75, 3.05) is 0 Å². The minimum Gasteiger partial charge on any atom is -0.486 e. The standard InChI is InChI=1S/C19H20N2O5/c1-13(2)10-17-20-18(26-21-17)12-24-19(22)16-9-8-15(25-16)11-23-14-6-4-3-5-7-14/h3-9,13H,10-12H2,1-2H3. The summed E-state index contributed by atoms with van der Waals surface area (Å²) in [5.41, 5.74) is 0. The van der Waals surface area contributed by atoms with Gasteiger partial charge >= 0.3 is 5.97 Å². The highest BCUT2D eigenvalue weighted by Crippen LogP contribution is 2.15. The first-order valence-corrected chi connectivity index (χ1v) is 8.35. The number of carbonyl (C=O) groups excluding carboxylic acids is 1. The van der Waals surface area contributed by atoms with E-state index < -0.39 is 5.97 Å². The fourth-order valence-corrected chi connectivity index (χ4v) is 2.23. The van der Waals surface area contributed by atoms with Gasteiger partial charge in [-0.05, 0) is 30.2 Å². The summed E-state index contributed by atoms with van der Waals surface area (Å²) in [6.45, 7) is 4.25. The first-order chi connectivity index (χ1) is 12.6. The number of hydrogen-bond acceptors (Lipinski definition) is 7. The van der Waals surface area contributed by atoms with Gasteiger partial charge in [0.05, 0.1) is 0 Å². The van der Waals surface area contributed by atoms with Crippen molar-refractivity contribution >= 4 is 5.97 Å². The molecule has 0 aliphatic carbocycles. The molecule has 0 atom stereocenters. The number of rotatable bonds is 8. The average molecular weight is 356 g/mol. The number of para-hydroxylation sites is 1. The van der Waals surface area contributed by atoms with Crippen LogP contribution in [0.25, 0.3) is 0 Å². The van der Waals surface area contributed by atoms with Gasteiger partial charge in [-0.1, -0.05) is 37.2 Å². The largest absolute Gasteiger partial charge is 0.486 e. The lowest BCUT2D eigenvalue weighted by Gasteiger charge is -2.03. The van der Waals surface area contributed by atoms with Gasteiger partial charge in [-0.15, -0.1) is 0 Å². The fourth-order valence-electron chi connectivity index (χ4n) is 2.23. The average Bonchev–Trinajstić information content (AvgIpc) is 3.28. The molecular weight excluding hydrogens is 336 g/mol. The summed E-state index contributed by atoms with van der Waals surface area (Å²) in [6, 6.07) is 12.6. The second kappa shape index (κ2) is 8.33. The lowest BCUT2D eigenvalue weighted by molar-refractivity contribution is 0.0390. The lowest BCUT2D eigenvalue weighted by Crippen LogP contribution is -2.04. The maximum atomic E-state index is 12.0. The highest BCUT2D eigenvalue weighted by molar-refractivity contribution is 5.86. The molecule has 7 heteroatoms. The molecule has 0 aliphatic rings. The van der Waals surface area contributed by atoms with Crippen molar-refractivity contribution in [1.82, 2.24) is 10.1 Å². The number of aromatic nitrogens is 2. The van der Waals surface area contributed by atoms with Crippen LogP contribution in [0.5, 0.6) is 5.75 Å². The van der Waals surface area contributed by atoms with E-state index in [1.165, 1.54) is 0 Å². The zero-order chi connectivity index (χ0) is 18.4. The molecule has 0 fully saturated rings. The highest BCUT2D eigenvalue weighted by atomic mass is 16.6. The fraction of sp³-hybridized carbons (Fsp3) is 0.316. The Morgan fingerprint density at radius 1 is 1.12 bits per heavy atom. The van der Waals surface area contributed by atoms with E-state index in [-0.39, 0.29) is 24.9 Å². The molecule has 0 amide bonds. The highest BCUT2D eigenvalue weighted by Gasteiger charge is 2.15. The Morgan fingerprint density at radius 3 is 2.69 bits per heavy atom. The Kier molecular flexibility index (Phi) is 5.68. The van der Waals surface area contributed by atoms with E-state index in [0.29, 0.717) is 23.9 Å². The monoisotopic (exact) mass is 356 g/mol. The lowest BCUT2D eigenvalue weighted by atomic mass is 10.1. The van der Waals surface area contributed by atoms with Crippen LogP contribution in [-0.4, -0.2) is 16.1 Å². The third kappa shape index (κ3) is 4.95. The van der Waals surface area contributed by atoms with Crippen LogP contribution >= 0.6 is 0 Å². The van der Waals surface area contributed by atoms with Crippen molar-refractivity contribution in [3.05, 3.63) is 65.7 Å². The second-order valence-electron chi connectivity index (χ2n) is 6.15. The second-order valence-corrected chi connectivity index (χ2v) is 6.15. The Hall–Kier alpha value is -3.09. The van der Waals surface area contributed by atoms with Crippen LogP contribution in [0.4, 0.5) is 0 Å². The summed E-state index contributed by atoms with van der Waals surface area (Å²) >= 11 is 0. The van der Waals surface area contributed by atoms with Crippen molar-refractivity contribution < 1.29 is 23.2 Å². The normalized spacial score (nSPS) is 10.9. The molecule has 1 aromatic carbocycles. The summed E-state index contributed by atoms with van der Waals surface area (Å²) in [5, 5.41) is 3.85. The molecule has 2 aromatic heterocycles. The van der Waals surface area contributed by atoms with Crippen LogP contribution in [0.2, 0.25) is 0 Å². The molecule has 0 radical (unpaired) electrons. The number of esters is 1. The summed E-state index contributed by atoms with van der Waals surface area (Å²) in [6.07, 6.45) is 0.709. The van der Waals surface area contributed by atoms with Gasteiger partial charge in [-0.2, -0.15) is 4.98 Å². The molecule has 0 saturated carbocycles. The Labute approximate surface area is 150 Å². The van der Waals surface area contributed by atoms with Crippen molar-refractivity contribution in [3.8, 4) is 5.75 Å². The summed E-state index contributed by atoms with van der Waals surface area (Å²) in [5.74, 6) is 2.03. The predicted molar refractivity (Wildman–Crippen MR) is 91.4 cm³/mol. The van der Waals surface area contributed by atoms with Crippen molar-refractivity contribution in [2.24, 2.45) is 5.92 Å². The molecular formula is C19H20N2O5. The molecule has 0 spiro atoms. The van der Waals surface area contributed by atoms with Gasteiger partial charge < -0.3 is 18.4 Å². The van der Waals surface area contributed by atoms with E-state index in [1.807, 2.05) is 30.3 Å². The number of carbonyl (C=O) groups is 1. The van der Waals surface area contributed by atoms with Gasteiger partial charge in [-0.3, -0.25) is 0 Å². The SMILES string of the molecule is CC(C)Cc1noc(COC(=O)c2ccc(COc3ccccc3)o2)n1. The summed E-state index contributed by atoms with van der Waals surface area (Å²) in [7, 11) is 0. The van der Waals surface area contributed by atoms with E-state index in [2.05, 4.69) is 24.0 Å². The molecule has 0 N–H and O–H groups in total. The predicted octanol–water partition coefficient (Wildman–Crippen LogP) is 3.80. The zero-order valence-corrected chi connectivity index (χ0v) is 14.7. The quantitative estimate of drug-likeness (QED) is 0.567. The third-order valence-electron chi connectivity index (χ3n) is 3.41. The molecule has 2 heterocycles. The molecule has 3 rings (SSSR count). The van der Waals surface area contributed by atoms with Crippen molar-refractivity contribution in [1.29, 1.82) is 0 Å². The minimum atomic E-state index is -0.598. The first-order valence-electron chi connectivity index (χ1n) is 8.35. The minimum absolute atomic E-state index is 0.0959. The maximum Gasteiger partial charge on any atom is 0.374 e. The molecule has 26 heavy (non-hydrogen) atoms. The van der Waals surface area contributed by atoms with Crippen molar-refractivity contribution in [2.45, 2.75) is 33.5 Å². The van der Waals surface area contributed by atoms with Crippen LogP contribution in [0.15, 0.2) is 51.4 Å². The van der Waals surface area contributed by atoms with Gasteiger partial charge in [0.1, 0.15) is 18.1 Å². The van der Waals surface area contributed by atoms with Crippen LogP contribution in [0, 0.1) is 5.92 Å². The van der Waals surface area contributed by atoms with E-state index in [0.717, 1.165) is 5.75 Å². The smallest absolute Gasteiger partial charge is 0.374 e.